The lowest BCUT2D eigenvalue weighted by atomic mass is 10.1. The Hall–Kier alpha value is -0.570. The van der Waals surface area contributed by atoms with Crippen LogP contribution in [0.1, 0.15) is 32.6 Å². The van der Waals surface area contributed by atoms with Crippen molar-refractivity contribution < 1.29 is 14.3 Å². The molecule has 1 aliphatic rings. The molecule has 1 atom stereocenters. The van der Waals surface area contributed by atoms with Gasteiger partial charge in [-0.15, -0.1) is 0 Å². The van der Waals surface area contributed by atoms with Crippen molar-refractivity contribution in [3.8, 4) is 0 Å². The van der Waals surface area contributed by atoms with Gasteiger partial charge in [0.25, 0.3) is 0 Å². The Kier molecular flexibility index (Phi) is 4.08. The number of carbonyl (C=O) groups is 1. The third kappa shape index (κ3) is 3.72. The lowest BCUT2D eigenvalue weighted by Gasteiger charge is -2.21. The Balaban J connectivity index is 2.01. The summed E-state index contributed by atoms with van der Waals surface area (Å²) in [5.74, 6) is -0.203. The highest BCUT2D eigenvalue weighted by Gasteiger charge is 2.13. The van der Waals surface area contributed by atoms with Crippen LogP contribution in [0.5, 0.6) is 0 Å². The van der Waals surface area contributed by atoms with Gasteiger partial charge in [0.2, 0.25) is 0 Å². The molecule has 0 aliphatic carbocycles. The fraction of sp³-hybridized carbons (Fsp3) is 0.889. The van der Waals surface area contributed by atoms with Gasteiger partial charge in [-0.1, -0.05) is 0 Å². The van der Waals surface area contributed by atoms with E-state index in [0.717, 1.165) is 19.4 Å². The summed E-state index contributed by atoms with van der Waals surface area (Å²) >= 11 is 0. The van der Waals surface area contributed by atoms with E-state index >= 15 is 0 Å². The number of ether oxygens (including phenoxy) is 2. The molecule has 0 saturated carbocycles. The van der Waals surface area contributed by atoms with Crippen molar-refractivity contribution in [1.29, 1.82) is 0 Å². The molecule has 0 N–H and O–H groups in total. The van der Waals surface area contributed by atoms with Crippen LogP contribution in [0.3, 0.4) is 0 Å². The molecule has 1 fully saturated rings. The molecule has 3 nitrogen and oxygen atoms in total. The van der Waals surface area contributed by atoms with E-state index in [1.54, 1.807) is 0 Å². The molecular formula is C9H16O3. The second-order valence-corrected chi connectivity index (χ2v) is 3.12. The van der Waals surface area contributed by atoms with E-state index in [2.05, 4.69) is 0 Å². The second kappa shape index (κ2) is 5.14. The van der Waals surface area contributed by atoms with Gasteiger partial charge in [-0.3, -0.25) is 4.79 Å². The first-order chi connectivity index (χ1) is 5.79. The summed E-state index contributed by atoms with van der Waals surface area (Å²) in [6, 6.07) is 0. The quantitative estimate of drug-likeness (QED) is 0.605. The fourth-order valence-electron chi connectivity index (χ4n) is 1.37. The van der Waals surface area contributed by atoms with Gasteiger partial charge in [-0.25, -0.2) is 0 Å². The molecule has 70 valence electrons. The Morgan fingerprint density at radius 1 is 1.58 bits per heavy atom. The molecule has 12 heavy (non-hydrogen) atoms. The molecule has 0 aromatic rings. The van der Waals surface area contributed by atoms with Gasteiger partial charge in [0, 0.05) is 20.0 Å². The molecular weight excluding hydrogens is 156 g/mol. The van der Waals surface area contributed by atoms with Crippen molar-refractivity contribution in [2.75, 3.05) is 13.2 Å². The van der Waals surface area contributed by atoms with Crippen LogP contribution >= 0.6 is 0 Å². The molecule has 1 unspecified atom stereocenters. The highest BCUT2D eigenvalue weighted by molar-refractivity contribution is 5.65. The maximum Gasteiger partial charge on any atom is 0.302 e. The first kappa shape index (κ1) is 9.52. The van der Waals surface area contributed by atoms with Crippen LogP contribution in [-0.4, -0.2) is 25.3 Å². The van der Waals surface area contributed by atoms with Crippen LogP contribution in [0.2, 0.25) is 0 Å². The summed E-state index contributed by atoms with van der Waals surface area (Å²) in [5, 5.41) is 0. The van der Waals surface area contributed by atoms with Gasteiger partial charge in [0.05, 0.1) is 12.7 Å². The number of esters is 1. The van der Waals surface area contributed by atoms with Gasteiger partial charge < -0.3 is 9.47 Å². The Labute approximate surface area is 73.0 Å². The van der Waals surface area contributed by atoms with Crippen molar-refractivity contribution in [3.63, 3.8) is 0 Å². The van der Waals surface area contributed by atoms with Crippen LogP contribution < -0.4 is 0 Å². The SMILES string of the molecule is CC(=O)OCCC1CCCCO1. The highest BCUT2D eigenvalue weighted by atomic mass is 16.5. The van der Waals surface area contributed by atoms with E-state index < -0.39 is 0 Å². The molecule has 0 radical (unpaired) electrons. The van der Waals surface area contributed by atoms with Gasteiger partial charge in [0.1, 0.15) is 0 Å². The second-order valence-electron chi connectivity index (χ2n) is 3.12. The standard InChI is InChI=1S/C9H16O3/c1-8(10)11-7-5-9-4-2-3-6-12-9/h9H,2-7H2,1H3. The van der Waals surface area contributed by atoms with Gasteiger partial charge in [-0.2, -0.15) is 0 Å². The van der Waals surface area contributed by atoms with Crippen LogP contribution in [0.25, 0.3) is 0 Å². The monoisotopic (exact) mass is 172 g/mol. The summed E-state index contributed by atoms with van der Waals surface area (Å²) in [6.07, 6.45) is 4.69. The van der Waals surface area contributed by atoms with Gasteiger partial charge in [0.15, 0.2) is 0 Å². The van der Waals surface area contributed by atoms with E-state index in [1.807, 2.05) is 0 Å². The molecule has 1 saturated heterocycles. The number of carbonyl (C=O) groups excluding carboxylic acids is 1. The third-order valence-corrected chi connectivity index (χ3v) is 2.02. The normalized spacial score (nSPS) is 23.6. The maximum atomic E-state index is 10.4. The Morgan fingerprint density at radius 2 is 2.42 bits per heavy atom. The first-order valence-electron chi connectivity index (χ1n) is 4.54. The molecule has 1 rings (SSSR count). The van der Waals surface area contributed by atoms with Crippen LogP contribution in [0.4, 0.5) is 0 Å². The minimum atomic E-state index is -0.203. The molecule has 0 spiro atoms. The lowest BCUT2D eigenvalue weighted by Crippen LogP contribution is -2.21. The minimum Gasteiger partial charge on any atom is -0.466 e. The maximum absolute atomic E-state index is 10.4. The third-order valence-electron chi connectivity index (χ3n) is 2.02. The fourth-order valence-corrected chi connectivity index (χ4v) is 1.37. The Morgan fingerprint density at radius 3 is 3.00 bits per heavy atom. The molecule has 0 bridgehead atoms. The molecule has 3 heteroatoms. The number of rotatable bonds is 3. The van der Waals surface area contributed by atoms with Crippen LogP contribution in [-0.2, 0) is 14.3 Å². The van der Waals surface area contributed by atoms with Crippen molar-refractivity contribution in [2.24, 2.45) is 0 Å². The summed E-state index contributed by atoms with van der Waals surface area (Å²) in [7, 11) is 0. The van der Waals surface area contributed by atoms with Gasteiger partial charge >= 0.3 is 5.97 Å². The predicted octanol–water partition coefficient (Wildman–Crippen LogP) is 1.51. The summed E-state index contributed by atoms with van der Waals surface area (Å²) in [6.45, 7) is 2.80. The number of hydrogen-bond donors (Lipinski definition) is 0. The molecule has 0 aromatic heterocycles. The number of hydrogen-bond acceptors (Lipinski definition) is 3. The molecule has 1 heterocycles. The van der Waals surface area contributed by atoms with E-state index in [1.165, 1.54) is 19.8 Å². The molecule has 0 amide bonds. The molecule has 0 aromatic carbocycles. The average molecular weight is 172 g/mol. The van der Waals surface area contributed by atoms with E-state index in [0.29, 0.717) is 12.7 Å². The Bertz CT molecular complexity index is 139. The van der Waals surface area contributed by atoms with E-state index in [-0.39, 0.29) is 5.97 Å². The summed E-state index contributed by atoms with van der Waals surface area (Å²) in [5.41, 5.74) is 0. The van der Waals surface area contributed by atoms with Crippen molar-refractivity contribution in [3.05, 3.63) is 0 Å². The zero-order chi connectivity index (χ0) is 8.81. The van der Waals surface area contributed by atoms with Crippen molar-refractivity contribution >= 4 is 5.97 Å². The first-order valence-corrected chi connectivity index (χ1v) is 4.54. The van der Waals surface area contributed by atoms with Crippen LogP contribution in [0, 0.1) is 0 Å². The van der Waals surface area contributed by atoms with Crippen LogP contribution in [0.15, 0.2) is 0 Å². The lowest BCUT2D eigenvalue weighted by molar-refractivity contribution is -0.142. The summed E-state index contributed by atoms with van der Waals surface area (Å²) in [4.78, 5) is 10.4. The zero-order valence-electron chi connectivity index (χ0n) is 7.54. The van der Waals surface area contributed by atoms with Crippen molar-refractivity contribution in [1.82, 2.24) is 0 Å². The van der Waals surface area contributed by atoms with E-state index in [9.17, 15) is 4.79 Å². The predicted molar refractivity (Wildman–Crippen MR) is 44.8 cm³/mol. The largest absolute Gasteiger partial charge is 0.466 e. The zero-order valence-corrected chi connectivity index (χ0v) is 7.54. The van der Waals surface area contributed by atoms with Gasteiger partial charge in [-0.05, 0) is 19.3 Å². The van der Waals surface area contributed by atoms with Crippen molar-refractivity contribution in [2.45, 2.75) is 38.7 Å². The summed E-state index contributed by atoms with van der Waals surface area (Å²) < 4.78 is 10.3. The smallest absolute Gasteiger partial charge is 0.302 e. The highest BCUT2D eigenvalue weighted by Crippen LogP contribution is 2.15. The average Bonchev–Trinajstić information content (AvgIpc) is 2.05. The topological polar surface area (TPSA) is 35.5 Å². The van der Waals surface area contributed by atoms with E-state index in [4.69, 9.17) is 9.47 Å². The molecule has 1 aliphatic heterocycles. The minimum absolute atomic E-state index is 0.203.